The van der Waals surface area contributed by atoms with Gasteiger partial charge in [-0.05, 0) is 42.1 Å². The third kappa shape index (κ3) is 3.83. The van der Waals surface area contributed by atoms with Gasteiger partial charge >= 0.3 is 0 Å². The molecule has 0 spiro atoms. The summed E-state index contributed by atoms with van der Waals surface area (Å²) >= 11 is 1.39. The number of morpholine rings is 1. The predicted molar refractivity (Wildman–Crippen MR) is 94.6 cm³/mol. The molecular formula is C18H20N2O3S. The Morgan fingerprint density at radius 1 is 1.29 bits per heavy atom. The first-order valence-electron chi connectivity index (χ1n) is 8.03. The number of carbonyl (C=O) groups is 2. The van der Waals surface area contributed by atoms with Crippen molar-refractivity contribution in [1.29, 1.82) is 0 Å². The third-order valence-corrected chi connectivity index (χ3v) is 4.88. The molecule has 24 heavy (non-hydrogen) atoms. The van der Waals surface area contributed by atoms with E-state index in [1.54, 1.807) is 30.3 Å². The molecule has 1 aromatic heterocycles. The molecule has 0 radical (unpaired) electrons. The first kappa shape index (κ1) is 16.7. The lowest BCUT2D eigenvalue weighted by atomic mass is 10.1. The number of carbonyl (C=O) groups excluding carboxylic acids is 2. The second kappa shape index (κ2) is 7.59. The van der Waals surface area contributed by atoms with Crippen LogP contribution in [-0.2, 0) is 4.74 Å². The van der Waals surface area contributed by atoms with Crippen LogP contribution in [0.2, 0.25) is 0 Å². The van der Waals surface area contributed by atoms with Crippen molar-refractivity contribution >= 4 is 28.8 Å². The summed E-state index contributed by atoms with van der Waals surface area (Å²) in [7, 11) is 0. The Morgan fingerprint density at radius 3 is 2.75 bits per heavy atom. The zero-order valence-electron chi connectivity index (χ0n) is 13.5. The Balaban J connectivity index is 1.63. The first-order chi connectivity index (χ1) is 11.7. The van der Waals surface area contributed by atoms with E-state index in [4.69, 9.17) is 4.74 Å². The van der Waals surface area contributed by atoms with Crippen LogP contribution in [0.3, 0.4) is 0 Å². The van der Waals surface area contributed by atoms with Gasteiger partial charge in [-0.15, -0.1) is 11.3 Å². The van der Waals surface area contributed by atoms with E-state index in [9.17, 15) is 9.59 Å². The van der Waals surface area contributed by atoms with Crippen molar-refractivity contribution in [1.82, 2.24) is 4.90 Å². The van der Waals surface area contributed by atoms with Gasteiger partial charge in [-0.2, -0.15) is 0 Å². The van der Waals surface area contributed by atoms with Crippen molar-refractivity contribution < 1.29 is 14.3 Å². The number of ether oxygens (including phenoxy) is 1. The van der Waals surface area contributed by atoms with E-state index in [1.165, 1.54) is 11.3 Å². The molecule has 1 aliphatic heterocycles. The zero-order chi connectivity index (χ0) is 16.9. The van der Waals surface area contributed by atoms with Crippen LogP contribution < -0.4 is 5.32 Å². The number of thiophene rings is 1. The number of hydrogen-bond donors (Lipinski definition) is 1. The van der Waals surface area contributed by atoms with Crippen LogP contribution in [0.15, 0.2) is 41.8 Å². The molecule has 1 atom stereocenters. The fourth-order valence-corrected chi connectivity index (χ4v) is 3.25. The summed E-state index contributed by atoms with van der Waals surface area (Å²) in [6, 6.07) is 10.6. The largest absolute Gasteiger partial charge is 0.375 e. The lowest BCUT2D eigenvalue weighted by molar-refractivity contribution is -0.0226. The number of hydrogen-bond acceptors (Lipinski definition) is 4. The summed E-state index contributed by atoms with van der Waals surface area (Å²) in [6.07, 6.45) is 1.02. The Kier molecular flexibility index (Phi) is 5.27. The third-order valence-electron chi connectivity index (χ3n) is 4.02. The molecule has 0 bridgehead atoms. The molecule has 0 saturated carbocycles. The van der Waals surface area contributed by atoms with E-state index >= 15 is 0 Å². The SMILES string of the molecule is CC[C@@H]1CN(C(=O)c2ccc(NC(=O)c3cccs3)cc2)CCO1. The Hall–Kier alpha value is -2.18. The van der Waals surface area contributed by atoms with Crippen molar-refractivity contribution in [2.24, 2.45) is 0 Å². The second-order valence-electron chi connectivity index (χ2n) is 5.66. The Bertz CT molecular complexity index is 698. The molecule has 2 aromatic rings. The highest BCUT2D eigenvalue weighted by atomic mass is 32.1. The van der Waals surface area contributed by atoms with E-state index < -0.39 is 0 Å². The molecule has 2 heterocycles. The Morgan fingerprint density at radius 2 is 2.08 bits per heavy atom. The highest BCUT2D eigenvalue weighted by molar-refractivity contribution is 7.12. The van der Waals surface area contributed by atoms with Gasteiger partial charge in [-0.3, -0.25) is 9.59 Å². The van der Waals surface area contributed by atoms with Crippen molar-refractivity contribution in [3.63, 3.8) is 0 Å². The number of nitrogens with zero attached hydrogens (tertiary/aromatic N) is 1. The smallest absolute Gasteiger partial charge is 0.265 e. The van der Waals surface area contributed by atoms with Gasteiger partial charge < -0.3 is 15.0 Å². The summed E-state index contributed by atoms with van der Waals surface area (Å²) < 4.78 is 5.60. The molecule has 6 heteroatoms. The monoisotopic (exact) mass is 344 g/mol. The van der Waals surface area contributed by atoms with Crippen LogP contribution in [0.4, 0.5) is 5.69 Å². The molecule has 1 saturated heterocycles. The zero-order valence-corrected chi connectivity index (χ0v) is 14.3. The minimum absolute atomic E-state index is 0.00730. The van der Waals surface area contributed by atoms with Crippen molar-refractivity contribution in [3.05, 3.63) is 52.2 Å². The minimum atomic E-state index is -0.136. The number of nitrogens with one attached hydrogen (secondary N) is 1. The van der Waals surface area contributed by atoms with Gasteiger partial charge in [-0.1, -0.05) is 13.0 Å². The molecular weight excluding hydrogens is 324 g/mol. The Labute approximate surface area is 145 Å². The maximum absolute atomic E-state index is 12.6. The lowest BCUT2D eigenvalue weighted by Crippen LogP contribution is -2.45. The molecule has 1 fully saturated rings. The first-order valence-corrected chi connectivity index (χ1v) is 8.91. The number of amides is 2. The molecule has 5 nitrogen and oxygen atoms in total. The van der Waals surface area contributed by atoms with Gasteiger partial charge in [0, 0.05) is 24.3 Å². The van der Waals surface area contributed by atoms with E-state index in [2.05, 4.69) is 12.2 Å². The predicted octanol–water partition coefficient (Wildman–Crippen LogP) is 3.25. The second-order valence-corrected chi connectivity index (χ2v) is 6.61. The van der Waals surface area contributed by atoms with Gasteiger partial charge in [0.25, 0.3) is 11.8 Å². The van der Waals surface area contributed by atoms with Crippen molar-refractivity contribution in [3.8, 4) is 0 Å². The van der Waals surface area contributed by atoms with Crippen LogP contribution in [-0.4, -0.2) is 42.5 Å². The standard InChI is InChI=1S/C18H20N2O3S/c1-2-15-12-20(9-10-23-15)18(22)13-5-7-14(8-6-13)19-17(21)16-4-3-11-24-16/h3-8,11,15H,2,9-10,12H2,1H3,(H,19,21)/t15-/m1/s1. The van der Waals surface area contributed by atoms with E-state index in [1.807, 2.05) is 16.3 Å². The molecule has 3 rings (SSSR count). The van der Waals surface area contributed by atoms with Gasteiger partial charge in [0.15, 0.2) is 0 Å². The lowest BCUT2D eigenvalue weighted by Gasteiger charge is -2.32. The highest BCUT2D eigenvalue weighted by Gasteiger charge is 2.23. The number of rotatable bonds is 4. The average Bonchev–Trinajstić information content (AvgIpc) is 3.16. The van der Waals surface area contributed by atoms with Gasteiger partial charge in [0.1, 0.15) is 0 Å². The summed E-state index contributed by atoms with van der Waals surface area (Å²) in [5.41, 5.74) is 1.30. The van der Waals surface area contributed by atoms with E-state index in [0.29, 0.717) is 35.8 Å². The minimum Gasteiger partial charge on any atom is -0.375 e. The summed E-state index contributed by atoms with van der Waals surface area (Å²) in [5, 5.41) is 4.70. The van der Waals surface area contributed by atoms with E-state index in [0.717, 1.165) is 6.42 Å². The quantitative estimate of drug-likeness (QED) is 0.926. The van der Waals surface area contributed by atoms with E-state index in [-0.39, 0.29) is 17.9 Å². The van der Waals surface area contributed by atoms with Gasteiger partial charge in [0.05, 0.1) is 17.6 Å². The summed E-state index contributed by atoms with van der Waals surface area (Å²) in [6.45, 7) is 3.89. The molecule has 0 aliphatic carbocycles. The van der Waals surface area contributed by atoms with Crippen LogP contribution >= 0.6 is 11.3 Å². The molecule has 1 aromatic carbocycles. The maximum atomic E-state index is 12.6. The van der Waals surface area contributed by atoms with Crippen LogP contribution in [0, 0.1) is 0 Å². The molecule has 0 unspecified atom stereocenters. The van der Waals surface area contributed by atoms with Crippen molar-refractivity contribution in [2.45, 2.75) is 19.4 Å². The van der Waals surface area contributed by atoms with Crippen molar-refractivity contribution in [2.75, 3.05) is 25.0 Å². The molecule has 2 amide bonds. The summed E-state index contributed by atoms with van der Waals surface area (Å²) in [5.74, 6) is -0.129. The van der Waals surface area contributed by atoms with Gasteiger partial charge in [-0.25, -0.2) is 0 Å². The fraction of sp³-hybridized carbons (Fsp3) is 0.333. The topological polar surface area (TPSA) is 58.6 Å². The average molecular weight is 344 g/mol. The molecule has 126 valence electrons. The van der Waals surface area contributed by atoms with Crippen LogP contribution in [0.25, 0.3) is 0 Å². The number of anilines is 1. The normalized spacial score (nSPS) is 17.5. The van der Waals surface area contributed by atoms with Gasteiger partial charge in [0.2, 0.25) is 0 Å². The van der Waals surface area contributed by atoms with Crippen LogP contribution in [0.5, 0.6) is 0 Å². The molecule has 1 aliphatic rings. The van der Waals surface area contributed by atoms with Crippen LogP contribution in [0.1, 0.15) is 33.4 Å². The number of benzene rings is 1. The maximum Gasteiger partial charge on any atom is 0.265 e. The fourth-order valence-electron chi connectivity index (χ4n) is 2.63. The summed E-state index contributed by atoms with van der Waals surface area (Å²) in [4.78, 5) is 27.1. The highest BCUT2D eigenvalue weighted by Crippen LogP contribution is 2.17. The molecule has 1 N–H and O–H groups in total.